The third-order valence-electron chi connectivity index (χ3n) is 7.09. The highest BCUT2D eigenvalue weighted by molar-refractivity contribution is 6.28. The van der Waals surface area contributed by atoms with E-state index in [1.807, 2.05) is 32.8 Å². The zero-order valence-corrected chi connectivity index (χ0v) is 21.0. The number of nitrogens with one attached hydrogen (secondary N) is 3. The number of amides is 2. The number of halogens is 2. The lowest BCUT2D eigenvalue weighted by Gasteiger charge is -2.39. The van der Waals surface area contributed by atoms with E-state index in [-0.39, 0.29) is 29.5 Å². The second-order valence-corrected chi connectivity index (χ2v) is 10.3. The van der Waals surface area contributed by atoms with E-state index in [0.29, 0.717) is 18.9 Å². The summed E-state index contributed by atoms with van der Waals surface area (Å²) in [5.41, 5.74) is 4.64. The Labute approximate surface area is 204 Å². The van der Waals surface area contributed by atoms with Gasteiger partial charge in [0.25, 0.3) is 0 Å². The first kappa shape index (κ1) is 26.2. The Morgan fingerprint density at radius 3 is 2.53 bits per heavy atom. The van der Waals surface area contributed by atoms with E-state index >= 15 is 4.39 Å². The molecule has 12 heteroatoms. The quantitative estimate of drug-likeness (QED) is 0.302. The average molecular weight is 500 g/mol. The van der Waals surface area contributed by atoms with Gasteiger partial charge in [-0.15, -0.1) is 0 Å². The van der Waals surface area contributed by atoms with E-state index in [1.54, 1.807) is 0 Å². The Balaban J connectivity index is 1.74. The fourth-order valence-electron chi connectivity index (χ4n) is 5.38. The van der Waals surface area contributed by atoms with Crippen molar-refractivity contribution in [1.29, 1.82) is 0 Å². The first-order valence-corrected chi connectivity index (χ1v) is 12.1. The maximum absolute atomic E-state index is 15.5. The van der Waals surface area contributed by atoms with E-state index in [0.717, 1.165) is 32.1 Å². The molecule has 0 aromatic carbocycles. The van der Waals surface area contributed by atoms with Crippen LogP contribution in [0.15, 0.2) is 0 Å². The molecule has 1 saturated heterocycles. The van der Waals surface area contributed by atoms with Crippen LogP contribution in [-0.2, 0) is 4.79 Å². The van der Waals surface area contributed by atoms with E-state index < -0.39 is 29.3 Å². The predicted molar refractivity (Wildman–Crippen MR) is 128 cm³/mol. The number of carbonyl (C=O) groups is 2. The molecule has 1 aromatic heterocycles. The number of anilines is 2. The Morgan fingerprint density at radius 1 is 1.26 bits per heavy atom. The molecule has 2 heterocycles. The number of rotatable bonds is 9. The standard InChI is InChI=1S/C22H35ClFN7O3/c1-22(2)15(30(3)4)9-10-31(22)18-16(24)17(26-20(23)27-18)28-29-19(32)14(12-25-21(33)34)11-13-7-5-6-8-13/h13-15,25H,5-12H2,1-4H3,(H,29,32)(H,33,34)(H,26,27,28)/t14-,15?/m1/s1. The Morgan fingerprint density at radius 2 is 1.94 bits per heavy atom. The van der Waals surface area contributed by atoms with Crippen LogP contribution in [0.4, 0.5) is 20.8 Å². The fraction of sp³-hybridized carbons (Fsp3) is 0.727. The van der Waals surface area contributed by atoms with E-state index in [9.17, 15) is 9.59 Å². The molecule has 10 nitrogen and oxygen atoms in total. The number of hydrazine groups is 1. The summed E-state index contributed by atoms with van der Waals surface area (Å²) >= 11 is 6.11. The van der Waals surface area contributed by atoms with Gasteiger partial charge in [-0.2, -0.15) is 14.4 Å². The number of hydrogen-bond donors (Lipinski definition) is 4. The molecule has 1 aromatic rings. The van der Waals surface area contributed by atoms with Crippen LogP contribution in [0.25, 0.3) is 0 Å². The molecule has 0 radical (unpaired) electrons. The molecule has 34 heavy (non-hydrogen) atoms. The monoisotopic (exact) mass is 499 g/mol. The van der Waals surface area contributed by atoms with Crippen LogP contribution < -0.4 is 21.1 Å². The SMILES string of the molecule is CN(C)C1CCN(c2nc(Cl)nc(NNC(=O)[C@@H](CNC(=O)O)CC3CCCC3)c2F)C1(C)C. The van der Waals surface area contributed by atoms with Crippen LogP contribution in [0.2, 0.25) is 5.28 Å². The summed E-state index contributed by atoms with van der Waals surface area (Å²) in [6.07, 6.45) is 4.45. The molecule has 1 aliphatic carbocycles. The lowest BCUT2D eigenvalue weighted by molar-refractivity contribution is -0.124. The van der Waals surface area contributed by atoms with Gasteiger partial charge in [-0.3, -0.25) is 15.6 Å². The molecule has 2 aliphatic rings. The van der Waals surface area contributed by atoms with Crippen molar-refractivity contribution in [3.05, 3.63) is 11.1 Å². The molecule has 2 fully saturated rings. The second-order valence-electron chi connectivity index (χ2n) is 9.94. The minimum Gasteiger partial charge on any atom is -0.465 e. The van der Waals surface area contributed by atoms with Crippen molar-refractivity contribution in [2.24, 2.45) is 11.8 Å². The molecule has 2 amide bonds. The molecular formula is C22H35ClFN7O3. The molecule has 0 spiro atoms. The molecule has 1 saturated carbocycles. The number of likely N-dealkylation sites (N-methyl/N-ethyl adjacent to an activating group) is 1. The summed E-state index contributed by atoms with van der Waals surface area (Å²) in [6, 6.07) is 0.190. The summed E-state index contributed by atoms with van der Waals surface area (Å²) in [5.74, 6) is -1.55. The zero-order valence-electron chi connectivity index (χ0n) is 20.2. The van der Waals surface area contributed by atoms with Crippen LogP contribution in [0.5, 0.6) is 0 Å². The smallest absolute Gasteiger partial charge is 0.404 e. The number of carbonyl (C=O) groups excluding carboxylic acids is 1. The highest BCUT2D eigenvalue weighted by atomic mass is 35.5. The van der Waals surface area contributed by atoms with Crippen LogP contribution >= 0.6 is 11.6 Å². The molecule has 3 rings (SSSR count). The number of aromatic nitrogens is 2. The summed E-state index contributed by atoms with van der Waals surface area (Å²) in [6.45, 7) is 4.62. The van der Waals surface area contributed by atoms with Crippen molar-refractivity contribution in [3.63, 3.8) is 0 Å². The van der Waals surface area contributed by atoms with Crippen molar-refractivity contribution >= 4 is 35.2 Å². The first-order chi connectivity index (χ1) is 16.0. The van der Waals surface area contributed by atoms with Crippen molar-refractivity contribution in [2.75, 3.05) is 37.5 Å². The van der Waals surface area contributed by atoms with Crippen LogP contribution in [0.3, 0.4) is 0 Å². The van der Waals surface area contributed by atoms with Gasteiger partial charge in [-0.25, -0.2) is 4.79 Å². The summed E-state index contributed by atoms with van der Waals surface area (Å²) in [4.78, 5) is 35.9. The van der Waals surface area contributed by atoms with Gasteiger partial charge in [-0.05, 0) is 58.3 Å². The lowest BCUT2D eigenvalue weighted by atomic mass is 9.92. The van der Waals surface area contributed by atoms with Crippen LogP contribution in [-0.4, -0.2) is 70.7 Å². The molecule has 0 bridgehead atoms. The van der Waals surface area contributed by atoms with Crippen molar-refractivity contribution in [1.82, 2.24) is 25.6 Å². The Hall–Kier alpha value is -2.40. The Bertz CT molecular complexity index is 895. The van der Waals surface area contributed by atoms with Crippen molar-refractivity contribution in [2.45, 2.75) is 64.0 Å². The maximum Gasteiger partial charge on any atom is 0.404 e. The third kappa shape index (κ3) is 5.99. The second kappa shape index (κ2) is 10.9. The number of carboxylic acid groups (broad SMARTS) is 1. The molecule has 4 N–H and O–H groups in total. The van der Waals surface area contributed by atoms with E-state index in [2.05, 4.69) is 31.0 Å². The lowest BCUT2D eigenvalue weighted by Crippen LogP contribution is -2.51. The predicted octanol–water partition coefficient (Wildman–Crippen LogP) is 3.10. The highest BCUT2D eigenvalue weighted by Gasteiger charge is 2.44. The molecule has 1 aliphatic heterocycles. The summed E-state index contributed by atoms with van der Waals surface area (Å²) in [7, 11) is 3.98. The van der Waals surface area contributed by atoms with Gasteiger partial charge in [-0.1, -0.05) is 25.7 Å². The molecular weight excluding hydrogens is 465 g/mol. The number of hydrogen-bond acceptors (Lipinski definition) is 7. The minimum atomic E-state index is -1.19. The van der Waals surface area contributed by atoms with E-state index in [4.69, 9.17) is 16.7 Å². The van der Waals surface area contributed by atoms with Crippen LogP contribution in [0.1, 0.15) is 52.4 Å². The Kier molecular flexibility index (Phi) is 8.40. The van der Waals surface area contributed by atoms with Gasteiger partial charge in [0.05, 0.1) is 11.5 Å². The van der Waals surface area contributed by atoms with Crippen molar-refractivity contribution in [3.8, 4) is 0 Å². The zero-order chi connectivity index (χ0) is 25.0. The van der Waals surface area contributed by atoms with E-state index in [1.165, 1.54) is 0 Å². The normalized spacial score (nSPS) is 21.0. The minimum absolute atomic E-state index is 0.0223. The highest BCUT2D eigenvalue weighted by Crippen LogP contribution is 2.38. The van der Waals surface area contributed by atoms with Crippen molar-refractivity contribution < 1.29 is 19.1 Å². The third-order valence-corrected chi connectivity index (χ3v) is 7.26. The van der Waals surface area contributed by atoms with Gasteiger partial charge in [0.2, 0.25) is 17.0 Å². The van der Waals surface area contributed by atoms with Gasteiger partial charge < -0.3 is 20.2 Å². The molecule has 1 unspecified atom stereocenters. The molecule has 190 valence electrons. The summed E-state index contributed by atoms with van der Waals surface area (Å²) < 4.78 is 15.5. The largest absolute Gasteiger partial charge is 0.465 e. The van der Waals surface area contributed by atoms with Crippen LogP contribution in [0, 0.1) is 17.7 Å². The van der Waals surface area contributed by atoms with Gasteiger partial charge in [0.1, 0.15) is 0 Å². The topological polar surface area (TPSA) is 123 Å². The maximum atomic E-state index is 15.5. The average Bonchev–Trinajstić information content (AvgIpc) is 3.37. The first-order valence-electron chi connectivity index (χ1n) is 11.7. The van der Waals surface area contributed by atoms with Gasteiger partial charge in [0.15, 0.2) is 11.6 Å². The fourth-order valence-corrected chi connectivity index (χ4v) is 5.54. The van der Waals surface area contributed by atoms with Gasteiger partial charge >= 0.3 is 6.09 Å². The van der Waals surface area contributed by atoms with Gasteiger partial charge in [0, 0.05) is 19.1 Å². The summed E-state index contributed by atoms with van der Waals surface area (Å²) in [5, 5.41) is 11.1. The number of nitrogens with zero attached hydrogens (tertiary/aromatic N) is 4. The molecule has 2 atom stereocenters.